The molecule has 0 amide bonds. The zero-order valence-corrected chi connectivity index (χ0v) is 16.8. The number of hydrogen-bond acceptors (Lipinski definition) is 5. The maximum Gasteiger partial charge on any atom is 0.243 e. The molecule has 0 aromatic heterocycles. The molecule has 0 unspecified atom stereocenters. The van der Waals surface area contributed by atoms with Gasteiger partial charge in [0.05, 0.1) is 24.7 Å². The van der Waals surface area contributed by atoms with Crippen LogP contribution in [0.1, 0.15) is 31.1 Å². The van der Waals surface area contributed by atoms with E-state index in [4.69, 9.17) is 4.74 Å². The van der Waals surface area contributed by atoms with Gasteiger partial charge in [0.1, 0.15) is 11.9 Å². The Bertz CT molecular complexity index is 849. The van der Waals surface area contributed by atoms with Crippen molar-refractivity contribution in [1.82, 2.24) is 4.31 Å². The average Bonchev–Trinajstić information content (AvgIpc) is 2.67. The van der Waals surface area contributed by atoms with Crippen LogP contribution >= 0.6 is 0 Å². The number of sulfonamides is 1. The Kier molecular flexibility index (Phi) is 7.00. The molecule has 0 heterocycles. The second-order valence-corrected chi connectivity index (χ2v) is 8.69. The fourth-order valence-corrected chi connectivity index (χ4v) is 4.69. The van der Waals surface area contributed by atoms with E-state index in [0.717, 1.165) is 0 Å². The topological polar surface area (TPSA) is 87.1 Å². The van der Waals surface area contributed by atoms with E-state index in [9.17, 15) is 18.6 Å². The number of rotatable bonds is 8. The molecule has 0 aliphatic carbocycles. The quantitative estimate of drug-likeness (QED) is 0.719. The third-order valence-electron chi connectivity index (χ3n) is 4.73. The molecular weight excluding hydrogens is 366 g/mol. The molecule has 0 radical (unpaired) electrons. The SMILES string of the molecule is COc1ccc([C@H](O)c2ccccc2S(=O)(=O)N(C)[C@H](CO)C(C)C)cc1. The van der Waals surface area contributed by atoms with Crippen LogP contribution in [-0.2, 0) is 10.0 Å². The number of nitrogens with zero attached hydrogens (tertiary/aromatic N) is 1. The van der Waals surface area contributed by atoms with E-state index in [2.05, 4.69) is 0 Å². The standard InChI is InChI=1S/C20H27NO5S/c1-14(2)18(13-22)21(3)27(24,25)19-8-6-5-7-17(19)20(23)15-9-11-16(26-4)12-10-15/h5-12,14,18,20,22-23H,13H2,1-4H3/t18-,20+/m1/s1. The summed E-state index contributed by atoms with van der Waals surface area (Å²) in [5, 5.41) is 20.4. The third kappa shape index (κ3) is 4.50. The Morgan fingerprint density at radius 1 is 1.07 bits per heavy atom. The summed E-state index contributed by atoms with van der Waals surface area (Å²) in [6.45, 7) is 3.42. The average molecular weight is 394 g/mol. The molecule has 0 saturated heterocycles. The molecule has 2 rings (SSSR count). The van der Waals surface area contributed by atoms with E-state index in [1.54, 1.807) is 49.6 Å². The highest BCUT2D eigenvalue weighted by molar-refractivity contribution is 7.89. The first-order valence-corrected chi connectivity index (χ1v) is 10.2. The summed E-state index contributed by atoms with van der Waals surface area (Å²) in [5.74, 6) is 0.586. The van der Waals surface area contributed by atoms with Crippen molar-refractivity contribution in [3.63, 3.8) is 0 Å². The van der Waals surface area contributed by atoms with Gasteiger partial charge in [-0.1, -0.05) is 44.2 Å². The van der Waals surface area contributed by atoms with Crippen LogP contribution in [0.3, 0.4) is 0 Å². The van der Waals surface area contributed by atoms with Crippen molar-refractivity contribution < 1.29 is 23.4 Å². The predicted octanol–water partition coefficient (Wildman–Crippen LogP) is 2.41. The molecule has 2 N–H and O–H groups in total. The molecule has 0 bridgehead atoms. The summed E-state index contributed by atoms with van der Waals surface area (Å²) in [5.41, 5.74) is 0.846. The summed E-state index contributed by atoms with van der Waals surface area (Å²) in [7, 11) is -0.901. The van der Waals surface area contributed by atoms with E-state index in [1.807, 2.05) is 13.8 Å². The first kappa shape index (κ1) is 21.4. The molecule has 7 heteroatoms. The minimum Gasteiger partial charge on any atom is -0.497 e. The molecule has 6 nitrogen and oxygen atoms in total. The molecule has 0 spiro atoms. The van der Waals surface area contributed by atoms with Gasteiger partial charge in [-0.25, -0.2) is 8.42 Å². The molecular formula is C20H27NO5S. The minimum absolute atomic E-state index is 0.0231. The molecule has 0 fully saturated rings. The zero-order valence-electron chi connectivity index (χ0n) is 16.0. The lowest BCUT2D eigenvalue weighted by Gasteiger charge is -2.30. The van der Waals surface area contributed by atoms with Gasteiger partial charge in [0.2, 0.25) is 10.0 Å². The molecule has 148 valence electrons. The number of likely N-dealkylation sites (N-methyl/N-ethyl adjacent to an activating group) is 1. The Hall–Kier alpha value is -1.93. The molecule has 2 atom stereocenters. The highest BCUT2D eigenvalue weighted by Gasteiger charge is 2.32. The maximum absolute atomic E-state index is 13.2. The van der Waals surface area contributed by atoms with Crippen molar-refractivity contribution in [2.24, 2.45) is 5.92 Å². The van der Waals surface area contributed by atoms with Crippen LogP contribution in [0, 0.1) is 5.92 Å². The van der Waals surface area contributed by atoms with E-state index in [-0.39, 0.29) is 23.0 Å². The molecule has 0 aliphatic rings. The number of hydrogen-bond donors (Lipinski definition) is 2. The van der Waals surface area contributed by atoms with Crippen LogP contribution < -0.4 is 4.74 Å². The lowest BCUT2D eigenvalue weighted by molar-refractivity contribution is 0.167. The second-order valence-electron chi connectivity index (χ2n) is 6.73. The fourth-order valence-electron chi connectivity index (χ4n) is 2.99. The van der Waals surface area contributed by atoms with Gasteiger partial charge in [-0.15, -0.1) is 0 Å². The minimum atomic E-state index is -3.90. The predicted molar refractivity (Wildman–Crippen MR) is 104 cm³/mol. The van der Waals surface area contributed by atoms with Gasteiger partial charge in [0.15, 0.2) is 0 Å². The molecule has 2 aromatic rings. The van der Waals surface area contributed by atoms with Gasteiger partial charge in [-0.3, -0.25) is 0 Å². The lowest BCUT2D eigenvalue weighted by Crippen LogP contribution is -2.43. The third-order valence-corrected chi connectivity index (χ3v) is 6.68. The van der Waals surface area contributed by atoms with E-state index in [1.165, 1.54) is 17.4 Å². The van der Waals surface area contributed by atoms with Crippen LogP contribution in [0.5, 0.6) is 5.75 Å². The molecule has 27 heavy (non-hydrogen) atoms. The van der Waals surface area contributed by atoms with Crippen molar-refractivity contribution in [3.05, 3.63) is 59.7 Å². The Labute approximate surface area is 161 Å². The molecule has 2 aromatic carbocycles. The van der Waals surface area contributed by atoms with Crippen LogP contribution in [0.25, 0.3) is 0 Å². The van der Waals surface area contributed by atoms with Crippen molar-refractivity contribution >= 4 is 10.0 Å². The Balaban J connectivity index is 2.47. The van der Waals surface area contributed by atoms with Crippen LogP contribution in [0.2, 0.25) is 0 Å². The van der Waals surface area contributed by atoms with Gasteiger partial charge in [0, 0.05) is 12.6 Å². The summed E-state index contributed by atoms with van der Waals surface area (Å²) in [6.07, 6.45) is -1.11. The number of aliphatic hydroxyl groups excluding tert-OH is 2. The monoisotopic (exact) mass is 393 g/mol. The normalized spacial score (nSPS) is 14.4. The van der Waals surface area contributed by atoms with Crippen LogP contribution in [0.4, 0.5) is 0 Å². The Morgan fingerprint density at radius 2 is 1.67 bits per heavy atom. The van der Waals surface area contributed by atoms with Crippen LogP contribution in [-0.4, -0.2) is 49.7 Å². The summed E-state index contributed by atoms with van der Waals surface area (Å²) >= 11 is 0. The van der Waals surface area contributed by atoms with Gasteiger partial charge < -0.3 is 14.9 Å². The van der Waals surface area contributed by atoms with E-state index in [0.29, 0.717) is 11.3 Å². The van der Waals surface area contributed by atoms with Gasteiger partial charge >= 0.3 is 0 Å². The van der Waals surface area contributed by atoms with Crippen molar-refractivity contribution in [1.29, 1.82) is 0 Å². The zero-order chi connectivity index (χ0) is 20.2. The highest BCUT2D eigenvalue weighted by Crippen LogP contribution is 2.31. The maximum atomic E-state index is 13.2. The number of ether oxygens (including phenoxy) is 1. The van der Waals surface area contributed by atoms with Gasteiger partial charge in [-0.2, -0.15) is 4.31 Å². The first-order valence-electron chi connectivity index (χ1n) is 8.73. The second kappa shape index (κ2) is 8.84. The fraction of sp³-hybridized carbons (Fsp3) is 0.400. The summed E-state index contributed by atoms with van der Waals surface area (Å²) in [6, 6.07) is 12.6. The molecule has 0 saturated carbocycles. The molecule has 0 aliphatic heterocycles. The Morgan fingerprint density at radius 3 is 2.19 bits per heavy atom. The van der Waals surface area contributed by atoms with E-state index < -0.39 is 22.2 Å². The van der Waals surface area contributed by atoms with Crippen molar-refractivity contribution in [3.8, 4) is 5.75 Å². The van der Waals surface area contributed by atoms with Crippen molar-refractivity contribution in [2.45, 2.75) is 30.9 Å². The van der Waals surface area contributed by atoms with Gasteiger partial charge in [-0.05, 0) is 29.7 Å². The number of benzene rings is 2. The van der Waals surface area contributed by atoms with Crippen molar-refractivity contribution in [2.75, 3.05) is 20.8 Å². The van der Waals surface area contributed by atoms with E-state index >= 15 is 0 Å². The summed E-state index contributed by atoms with van der Waals surface area (Å²) < 4.78 is 32.7. The number of aliphatic hydroxyl groups is 2. The largest absolute Gasteiger partial charge is 0.497 e. The summed E-state index contributed by atoms with van der Waals surface area (Å²) in [4.78, 5) is 0.0231. The van der Waals surface area contributed by atoms with Crippen LogP contribution in [0.15, 0.2) is 53.4 Å². The smallest absolute Gasteiger partial charge is 0.243 e. The first-order chi connectivity index (χ1) is 12.7. The highest BCUT2D eigenvalue weighted by atomic mass is 32.2. The lowest BCUT2D eigenvalue weighted by atomic mass is 10.0. The van der Waals surface area contributed by atoms with Gasteiger partial charge in [0.25, 0.3) is 0 Å². The number of methoxy groups -OCH3 is 1.